The first-order valence-electron chi connectivity index (χ1n) is 10.2. The predicted octanol–water partition coefficient (Wildman–Crippen LogP) is 3.36. The van der Waals surface area contributed by atoms with E-state index in [4.69, 9.17) is 4.98 Å². The molecule has 1 aliphatic rings. The molecule has 30 heavy (non-hydrogen) atoms. The average molecular weight is 400 g/mol. The van der Waals surface area contributed by atoms with E-state index in [9.17, 15) is 5.11 Å². The SMILES string of the molecule is Cn1cc(-c2cccc(-c3ccc(-c4cn[nH]c4)c(N4CCC(CO)C4)n3)c2)cn1. The lowest BCUT2D eigenvalue weighted by Gasteiger charge is -2.21. The van der Waals surface area contributed by atoms with Gasteiger partial charge in [-0.3, -0.25) is 9.78 Å². The summed E-state index contributed by atoms with van der Waals surface area (Å²) in [4.78, 5) is 7.35. The Labute approximate surface area is 175 Å². The Morgan fingerprint density at radius 1 is 1.10 bits per heavy atom. The van der Waals surface area contributed by atoms with Gasteiger partial charge in [0, 0.05) is 67.3 Å². The average Bonchev–Trinajstić information content (AvgIpc) is 3.55. The first-order valence-corrected chi connectivity index (χ1v) is 10.2. The molecule has 4 heterocycles. The third-order valence-electron chi connectivity index (χ3n) is 5.72. The Bertz CT molecular complexity index is 1150. The molecule has 152 valence electrons. The van der Waals surface area contributed by atoms with Crippen molar-refractivity contribution in [1.82, 2.24) is 25.0 Å². The second kappa shape index (κ2) is 7.76. The number of anilines is 1. The van der Waals surface area contributed by atoms with Gasteiger partial charge in [-0.05, 0) is 30.2 Å². The zero-order chi connectivity index (χ0) is 20.5. The number of aromatic nitrogens is 5. The largest absolute Gasteiger partial charge is 0.396 e. The molecule has 1 fully saturated rings. The van der Waals surface area contributed by atoms with Crippen molar-refractivity contribution in [3.63, 3.8) is 0 Å². The number of pyridine rings is 1. The molecule has 1 aliphatic heterocycles. The predicted molar refractivity (Wildman–Crippen MR) is 117 cm³/mol. The zero-order valence-corrected chi connectivity index (χ0v) is 16.9. The lowest BCUT2D eigenvalue weighted by molar-refractivity contribution is 0.238. The third-order valence-corrected chi connectivity index (χ3v) is 5.72. The molecule has 0 saturated carbocycles. The monoisotopic (exact) mass is 400 g/mol. The van der Waals surface area contributed by atoms with Gasteiger partial charge in [-0.1, -0.05) is 18.2 Å². The van der Waals surface area contributed by atoms with E-state index in [2.05, 4.69) is 56.6 Å². The maximum Gasteiger partial charge on any atom is 0.137 e. The van der Waals surface area contributed by atoms with Crippen molar-refractivity contribution in [3.05, 3.63) is 61.2 Å². The Kier molecular flexibility index (Phi) is 4.80. The quantitative estimate of drug-likeness (QED) is 0.537. The van der Waals surface area contributed by atoms with Gasteiger partial charge in [0.2, 0.25) is 0 Å². The molecule has 1 saturated heterocycles. The molecule has 1 aromatic carbocycles. The number of aliphatic hydroxyl groups excluding tert-OH is 1. The van der Waals surface area contributed by atoms with Gasteiger partial charge in [-0.2, -0.15) is 10.2 Å². The van der Waals surface area contributed by atoms with Crippen molar-refractivity contribution in [2.24, 2.45) is 13.0 Å². The Morgan fingerprint density at radius 2 is 2.00 bits per heavy atom. The molecule has 3 aromatic heterocycles. The van der Waals surface area contributed by atoms with E-state index in [1.54, 1.807) is 0 Å². The molecule has 0 amide bonds. The van der Waals surface area contributed by atoms with Gasteiger partial charge in [0.05, 0.1) is 18.1 Å². The van der Waals surface area contributed by atoms with E-state index < -0.39 is 0 Å². The number of hydrogen-bond acceptors (Lipinski definition) is 5. The first-order chi connectivity index (χ1) is 14.7. The van der Waals surface area contributed by atoms with Crippen LogP contribution in [0.3, 0.4) is 0 Å². The van der Waals surface area contributed by atoms with Gasteiger partial charge in [0.25, 0.3) is 0 Å². The van der Waals surface area contributed by atoms with Crippen molar-refractivity contribution in [3.8, 4) is 33.5 Å². The van der Waals surface area contributed by atoms with Crippen LogP contribution in [0.25, 0.3) is 33.5 Å². The zero-order valence-electron chi connectivity index (χ0n) is 16.9. The highest BCUT2D eigenvalue weighted by Crippen LogP contribution is 2.35. The van der Waals surface area contributed by atoms with Crippen molar-refractivity contribution in [2.45, 2.75) is 6.42 Å². The summed E-state index contributed by atoms with van der Waals surface area (Å²) in [5, 5.41) is 20.9. The molecule has 1 unspecified atom stereocenters. The van der Waals surface area contributed by atoms with Crippen molar-refractivity contribution in [1.29, 1.82) is 0 Å². The van der Waals surface area contributed by atoms with Gasteiger partial charge < -0.3 is 10.0 Å². The number of aryl methyl sites for hydroxylation is 1. The van der Waals surface area contributed by atoms with Crippen molar-refractivity contribution < 1.29 is 5.11 Å². The molecule has 5 rings (SSSR count). The van der Waals surface area contributed by atoms with E-state index in [1.807, 2.05) is 36.5 Å². The van der Waals surface area contributed by atoms with Gasteiger partial charge >= 0.3 is 0 Å². The summed E-state index contributed by atoms with van der Waals surface area (Å²) in [5.74, 6) is 1.23. The summed E-state index contributed by atoms with van der Waals surface area (Å²) in [5.41, 5.74) is 6.25. The maximum absolute atomic E-state index is 9.59. The summed E-state index contributed by atoms with van der Waals surface area (Å²) in [6.07, 6.45) is 8.58. The van der Waals surface area contributed by atoms with E-state index >= 15 is 0 Å². The second-order valence-corrected chi connectivity index (χ2v) is 7.82. The Hall–Kier alpha value is -3.45. The number of aromatic amines is 1. The lowest BCUT2D eigenvalue weighted by Crippen LogP contribution is -2.22. The molecule has 4 aromatic rings. The van der Waals surface area contributed by atoms with Crippen LogP contribution < -0.4 is 4.90 Å². The van der Waals surface area contributed by atoms with E-state index in [0.717, 1.165) is 58.8 Å². The molecular weight excluding hydrogens is 376 g/mol. The molecular formula is C23H24N6O. The van der Waals surface area contributed by atoms with E-state index in [1.165, 1.54) is 0 Å². The van der Waals surface area contributed by atoms with Gasteiger partial charge in [0.15, 0.2) is 0 Å². The fourth-order valence-electron chi connectivity index (χ4n) is 4.08. The fourth-order valence-corrected chi connectivity index (χ4v) is 4.08. The highest BCUT2D eigenvalue weighted by molar-refractivity contribution is 5.79. The second-order valence-electron chi connectivity index (χ2n) is 7.82. The normalized spacial score (nSPS) is 16.3. The van der Waals surface area contributed by atoms with Crippen molar-refractivity contribution in [2.75, 3.05) is 24.6 Å². The number of aliphatic hydroxyl groups is 1. The highest BCUT2D eigenvalue weighted by Gasteiger charge is 2.25. The minimum atomic E-state index is 0.213. The van der Waals surface area contributed by atoms with Crippen LogP contribution in [0.4, 0.5) is 5.82 Å². The summed E-state index contributed by atoms with van der Waals surface area (Å²) in [6, 6.07) is 12.6. The molecule has 7 nitrogen and oxygen atoms in total. The van der Waals surface area contributed by atoms with Crippen LogP contribution in [0.1, 0.15) is 6.42 Å². The first kappa shape index (κ1) is 18.6. The number of H-pyrrole nitrogens is 1. The van der Waals surface area contributed by atoms with Crippen LogP contribution in [0, 0.1) is 5.92 Å². The van der Waals surface area contributed by atoms with Gasteiger partial charge in [-0.25, -0.2) is 4.98 Å². The molecule has 0 bridgehead atoms. The number of nitrogens with one attached hydrogen (secondary N) is 1. The number of rotatable bonds is 5. The van der Waals surface area contributed by atoms with Crippen molar-refractivity contribution >= 4 is 5.82 Å². The standard InChI is InChI=1S/C23H24N6O/c1-28-14-20(12-26-28)17-3-2-4-18(9-17)22-6-5-21(19-10-24-25-11-19)23(27-22)29-8-7-16(13-29)15-30/h2-6,9-12,14,16,30H,7-8,13,15H2,1H3,(H,24,25). The topological polar surface area (TPSA) is 82.9 Å². The summed E-state index contributed by atoms with van der Waals surface area (Å²) >= 11 is 0. The number of benzene rings is 1. The molecule has 0 radical (unpaired) electrons. The molecule has 2 N–H and O–H groups in total. The molecule has 0 aliphatic carbocycles. The van der Waals surface area contributed by atoms with Crippen LogP contribution in [0.15, 0.2) is 61.2 Å². The lowest BCUT2D eigenvalue weighted by atomic mass is 10.0. The summed E-state index contributed by atoms with van der Waals surface area (Å²) in [6.45, 7) is 1.92. The van der Waals surface area contributed by atoms with Gasteiger partial charge in [0.1, 0.15) is 5.82 Å². The third kappa shape index (κ3) is 3.48. The Balaban J connectivity index is 1.56. The fraction of sp³-hybridized carbons (Fsp3) is 0.261. The molecule has 7 heteroatoms. The van der Waals surface area contributed by atoms with Crippen LogP contribution >= 0.6 is 0 Å². The smallest absolute Gasteiger partial charge is 0.137 e. The highest BCUT2D eigenvalue weighted by atomic mass is 16.3. The molecule has 0 spiro atoms. The Morgan fingerprint density at radius 3 is 2.73 bits per heavy atom. The van der Waals surface area contributed by atoms with Crippen LogP contribution in [0.2, 0.25) is 0 Å². The summed E-state index contributed by atoms with van der Waals surface area (Å²) < 4.78 is 1.81. The van der Waals surface area contributed by atoms with E-state index in [0.29, 0.717) is 5.92 Å². The molecule has 1 atom stereocenters. The minimum absolute atomic E-state index is 0.213. The minimum Gasteiger partial charge on any atom is -0.396 e. The van der Waals surface area contributed by atoms with Crippen LogP contribution in [0.5, 0.6) is 0 Å². The summed E-state index contributed by atoms with van der Waals surface area (Å²) in [7, 11) is 1.92. The van der Waals surface area contributed by atoms with Gasteiger partial charge in [-0.15, -0.1) is 0 Å². The number of nitrogens with zero attached hydrogens (tertiary/aromatic N) is 5. The maximum atomic E-state index is 9.59. The van der Waals surface area contributed by atoms with E-state index in [-0.39, 0.29) is 6.61 Å². The van der Waals surface area contributed by atoms with Crippen LogP contribution in [-0.4, -0.2) is 49.8 Å². The number of hydrogen-bond donors (Lipinski definition) is 2. The van der Waals surface area contributed by atoms with Crippen LogP contribution in [-0.2, 0) is 7.05 Å².